The third kappa shape index (κ3) is 2.94. The molecule has 6 nitrogen and oxygen atoms in total. The first-order valence-corrected chi connectivity index (χ1v) is 9.47. The number of carbonyl (C=O) groups excluding carboxylic acids is 1. The monoisotopic (exact) mass is 365 g/mol. The van der Waals surface area contributed by atoms with Gasteiger partial charge in [0.15, 0.2) is 5.16 Å². The Labute approximate surface area is 155 Å². The standard InChI is InChI=1S/C19H19N5OS/c1-3-23-15-9-4-5-10-16(15)24-18(23)21-22-19(24)26-12-17(25)20-14-8-6-7-13(2)11-14/h4-11H,3,12H2,1-2H3,(H,20,25). The Morgan fingerprint density at radius 1 is 1.12 bits per heavy atom. The summed E-state index contributed by atoms with van der Waals surface area (Å²) in [6.07, 6.45) is 0. The van der Waals surface area contributed by atoms with Crippen molar-refractivity contribution >= 4 is 40.2 Å². The van der Waals surface area contributed by atoms with Crippen LogP contribution in [0.3, 0.4) is 0 Å². The van der Waals surface area contributed by atoms with Crippen LogP contribution in [-0.2, 0) is 11.3 Å². The molecule has 7 heteroatoms. The van der Waals surface area contributed by atoms with Crippen LogP contribution in [0.2, 0.25) is 0 Å². The Bertz CT molecular complexity index is 1100. The van der Waals surface area contributed by atoms with Crippen LogP contribution in [0.1, 0.15) is 12.5 Å². The van der Waals surface area contributed by atoms with Gasteiger partial charge < -0.3 is 9.88 Å². The van der Waals surface area contributed by atoms with Gasteiger partial charge in [0, 0.05) is 12.2 Å². The van der Waals surface area contributed by atoms with Crippen LogP contribution >= 0.6 is 11.8 Å². The number of benzene rings is 2. The number of nitrogens with zero attached hydrogens (tertiary/aromatic N) is 4. The minimum atomic E-state index is -0.0587. The molecule has 0 bridgehead atoms. The van der Waals surface area contributed by atoms with Gasteiger partial charge in [-0.05, 0) is 43.7 Å². The predicted octanol–water partition coefficient (Wildman–Crippen LogP) is 3.74. The number of hydrogen-bond donors (Lipinski definition) is 1. The van der Waals surface area contributed by atoms with E-state index in [1.807, 2.05) is 47.7 Å². The van der Waals surface area contributed by atoms with E-state index in [1.165, 1.54) is 11.8 Å². The molecule has 2 heterocycles. The second-order valence-corrected chi connectivity index (χ2v) is 7.00. The van der Waals surface area contributed by atoms with Gasteiger partial charge in [-0.1, -0.05) is 36.0 Å². The van der Waals surface area contributed by atoms with Gasteiger partial charge in [-0.25, -0.2) is 0 Å². The highest BCUT2D eigenvalue weighted by Gasteiger charge is 2.16. The van der Waals surface area contributed by atoms with E-state index in [2.05, 4.69) is 39.1 Å². The Morgan fingerprint density at radius 3 is 2.69 bits per heavy atom. The second kappa shape index (κ2) is 6.84. The van der Waals surface area contributed by atoms with Gasteiger partial charge in [-0.3, -0.25) is 9.20 Å². The average Bonchev–Trinajstić information content (AvgIpc) is 3.18. The van der Waals surface area contributed by atoms with Gasteiger partial charge in [0.1, 0.15) is 0 Å². The SMILES string of the molecule is CCn1c2ccccc2n2c(SCC(=O)Nc3cccc(C)c3)nnc12. The topological polar surface area (TPSA) is 64.2 Å². The number of anilines is 1. The normalized spacial score (nSPS) is 11.3. The van der Waals surface area contributed by atoms with Crippen LogP contribution in [0.5, 0.6) is 0 Å². The number of rotatable bonds is 5. The highest BCUT2D eigenvalue weighted by molar-refractivity contribution is 7.99. The van der Waals surface area contributed by atoms with E-state index in [4.69, 9.17) is 0 Å². The number of aryl methyl sites for hydroxylation is 2. The molecular weight excluding hydrogens is 346 g/mol. The first-order chi connectivity index (χ1) is 12.7. The maximum absolute atomic E-state index is 12.3. The lowest BCUT2D eigenvalue weighted by Gasteiger charge is -2.05. The molecule has 4 aromatic rings. The van der Waals surface area contributed by atoms with Gasteiger partial charge >= 0.3 is 0 Å². The van der Waals surface area contributed by atoms with Gasteiger partial charge in [0.2, 0.25) is 11.7 Å². The van der Waals surface area contributed by atoms with E-state index in [-0.39, 0.29) is 11.7 Å². The summed E-state index contributed by atoms with van der Waals surface area (Å²) < 4.78 is 4.14. The van der Waals surface area contributed by atoms with Gasteiger partial charge in [-0.2, -0.15) is 0 Å². The summed E-state index contributed by atoms with van der Waals surface area (Å²) >= 11 is 1.39. The minimum Gasteiger partial charge on any atom is -0.325 e. The molecule has 26 heavy (non-hydrogen) atoms. The minimum absolute atomic E-state index is 0.0587. The van der Waals surface area contributed by atoms with Crippen molar-refractivity contribution in [3.8, 4) is 0 Å². The molecule has 132 valence electrons. The van der Waals surface area contributed by atoms with Crippen molar-refractivity contribution in [1.82, 2.24) is 19.2 Å². The van der Waals surface area contributed by atoms with Crippen LogP contribution in [0.25, 0.3) is 16.8 Å². The summed E-state index contributed by atoms with van der Waals surface area (Å²) in [5.41, 5.74) is 4.09. The summed E-state index contributed by atoms with van der Waals surface area (Å²) in [4.78, 5) is 12.3. The third-order valence-corrected chi connectivity index (χ3v) is 5.15. The lowest BCUT2D eigenvalue weighted by molar-refractivity contribution is -0.113. The molecule has 0 radical (unpaired) electrons. The number of carbonyl (C=O) groups is 1. The number of nitrogens with one attached hydrogen (secondary N) is 1. The number of fused-ring (bicyclic) bond motifs is 3. The van der Waals surface area contributed by atoms with Crippen molar-refractivity contribution in [1.29, 1.82) is 0 Å². The molecule has 1 amide bonds. The molecule has 0 fully saturated rings. The summed E-state index contributed by atoms with van der Waals surface area (Å²) in [7, 11) is 0. The number of hydrogen-bond acceptors (Lipinski definition) is 4. The molecule has 0 unspecified atom stereocenters. The van der Waals surface area contributed by atoms with Crippen molar-refractivity contribution in [2.24, 2.45) is 0 Å². The molecule has 1 N–H and O–H groups in total. The molecule has 0 saturated carbocycles. The van der Waals surface area contributed by atoms with Gasteiger partial charge in [0.05, 0.1) is 16.8 Å². The lowest BCUT2D eigenvalue weighted by atomic mass is 10.2. The van der Waals surface area contributed by atoms with E-state index in [9.17, 15) is 4.79 Å². The predicted molar refractivity (Wildman–Crippen MR) is 105 cm³/mol. The molecule has 4 rings (SSSR count). The summed E-state index contributed by atoms with van der Waals surface area (Å²) in [5.74, 6) is 1.02. The number of aromatic nitrogens is 4. The smallest absolute Gasteiger partial charge is 0.237 e. The van der Waals surface area contributed by atoms with Crippen molar-refractivity contribution in [3.63, 3.8) is 0 Å². The number of thioether (sulfide) groups is 1. The van der Waals surface area contributed by atoms with Crippen LogP contribution in [0, 0.1) is 6.92 Å². The van der Waals surface area contributed by atoms with Crippen molar-refractivity contribution in [3.05, 3.63) is 54.1 Å². The molecule has 2 aromatic heterocycles. The van der Waals surface area contributed by atoms with Crippen molar-refractivity contribution in [2.45, 2.75) is 25.5 Å². The molecule has 0 aliphatic heterocycles. The van der Waals surface area contributed by atoms with Crippen LogP contribution in [0.4, 0.5) is 5.69 Å². The first-order valence-electron chi connectivity index (χ1n) is 8.49. The molecule has 0 aliphatic rings. The first kappa shape index (κ1) is 16.7. The summed E-state index contributed by atoms with van der Waals surface area (Å²) in [5, 5.41) is 12.3. The molecule has 0 atom stereocenters. The fourth-order valence-electron chi connectivity index (χ4n) is 3.09. The Kier molecular flexibility index (Phi) is 4.38. The largest absolute Gasteiger partial charge is 0.325 e. The fourth-order valence-corrected chi connectivity index (χ4v) is 3.83. The molecule has 0 saturated heterocycles. The quantitative estimate of drug-likeness (QED) is 0.547. The maximum Gasteiger partial charge on any atom is 0.237 e. The Balaban J connectivity index is 1.57. The molecule has 0 spiro atoms. The number of imidazole rings is 1. The fraction of sp³-hybridized carbons (Fsp3) is 0.211. The van der Waals surface area contributed by atoms with Crippen LogP contribution in [0.15, 0.2) is 53.7 Å². The number of para-hydroxylation sites is 2. The average molecular weight is 365 g/mol. The third-order valence-electron chi connectivity index (χ3n) is 4.22. The van der Waals surface area contributed by atoms with Gasteiger partial charge in [0.25, 0.3) is 0 Å². The highest BCUT2D eigenvalue weighted by atomic mass is 32.2. The maximum atomic E-state index is 12.3. The zero-order chi connectivity index (χ0) is 18.1. The van der Waals surface area contributed by atoms with Crippen molar-refractivity contribution in [2.75, 3.05) is 11.1 Å². The second-order valence-electron chi connectivity index (χ2n) is 6.06. The highest BCUT2D eigenvalue weighted by Crippen LogP contribution is 2.25. The zero-order valence-electron chi connectivity index (χ0n) is 14.6. The Morgan fingerprint density at radius 2 is 1.92 bits per heavy atom. The van der Waals surface area contributed by atoms with Crippen LogP contribution in [-0.4, -0.2) is 30.8 Å². The van der Waals surface area contributed by atoms with E-state index in [1.54, 1.807) is 0 Å². The van der Waals surface area contributed by atoms with Crippen molar-refractivity contribution < 1.29 is 4.79 Å². The molecule has 2 aromatic carbocycles. The summed E-state index contributed by atoms with van der Waals surface area (Å²) in [6.45, 7) is 4.90. The number of amides is 1. The van der Waals surface area contributed by atoms with Gasteiger partial charge in [-0.15, -0.1) is 10.2 Å². The van der Waals surface area contributed by atoms with E-state index < -0.39 is 0 Å². The molecule has 0 aliphatic carbocycles. The Hall–Kier alpha value is -2.80. The van der Waals surface area contributed by atoms with Crippen LogP contribution < -0.4 is 5.32 Å². The zero-order valence-corrected chi connectivity index (χ0v) is 15.5. The molecular formula is C19H19N5OS. The lowest BCUT2D eigenvalue weighted by Crippen LogP contribution is -2.14. The van der Waals surface area contributed by atoms with E-state index in [0.717, 1.165) is 39.8 Å². The summed E-state index contributed by atoms with van der Waals surface area (Å²) in [6, 6.07) is 15.9. The van der Waals surface area contributed by atoms with E-state index >= 15 is 0 Å². The van der Waals surface area contributed by atoms with E-state index in [0.29, 0.717) is 0 Å².